The molecule has 2 nitrogen and oxygen atoms in total. The van der Waals surface area contributed by atoms with Crippen molar-refractivity contribution in [2.24, 2.45) is 5.73 Å². The van der Waals surface area contributed by atoms with Crippen LogP contribution >= 0.6 is 0 Å². The van der Waals surface area contributed by atoms with Gasteiger partial charge in [-0.25, -0.2) is 0 Å². The summed E-state index contributed by atoms with van der Waals surface area (Å²) in [6, 6.07) is 0. The molecule has 0 aliphatic carbocycles. The Kier molecular flexibility index (Phi) is 0.759. The molecule has 0 saturated heterocycles. The van der Waals surface area contributed by atoms with Crippen molar-refractivity contribution in [1.29, 1.82) is 0 Å². The van der Waals surface area contributed by atoms with Crippen molar-refractivity contribution in [2.75, 3.05) is 0 Å². The van der Waals surface area contributed by atoms with Crippen molar-refractivity contribution in [3.8, 4) is 0 Å². The highest BCUT2D eigenvalue weighted by Crippen LogP contribution is 1.30. The van der Waals surface area contributed by atoms with E-state index in [1.807, 2.05) is 0 Å². The zero-order valence-electron chi connectivity index (χ0n) is 2.52. The average Bonchev–Trinajstić information content (AvgIpc) is 0.811. The number of rotatable bonds is 0. The third-order valence-electron chi connectivity index (χ3n) is 0. The summed E-state index contributed by atoms with van der Waals surface area (Å²) in [5.41, 5.74) is 4.58. The van der Waals surface area contributed by atoms with Crippen LogP contribution in [0.25, 0.3) is 0 Å². The maximum Gasteiger partial charge on any atom is 0.119 e. The normalized spacial score (nSPS) is 6.25. The monoisotopic (exact) mass is 57.0 g/mol. The highest BCUT2D eigenvalue weighted by molar-refractivity contribution is 5.74. The summed E-state index contributed by atoms with van der Waals surface area (Å²) in [4.78, 5) is 0. The fraction of sp³-hybridized carbons (Fsp3) is 0.500. The van der Waals surface area contributed by atoms with E-state index in [2.05, 4.69) is 5.73 Å². The summed E-state index contributed by atoms with van der Waals surface area (Å²) in [5.74, 6) is -0.0833. The predicted molar refractivity (Wildman–Crippen MR) is 17.0 cm³/mol. The summed E-state index contributed by atoms with van der Waals surface area (Å²) >= 11 is 0. The summed E-state index contributed by atoms with van der Waals surface area (Å²) in [5, 5.41) is 7.75. The lowest BCUT2D eigenvalue weighted by atomic mass is 10.8. The van der Waals surface area contributed by atoms with Crippen LogP contribution in [0.5, 0.6) is 0 Å². The van der Waals surface area contributed by atoms with E-state index in [4.69, 9.17) is 5.41 Å². The van der Waals surface area contributed by atoms with Gasteiger partial charge in [0.15, 0.2) is 0 Å². The molecule has 4 heavy (non-hydrogen) atoms. The molecule has 0 aliphatic rings. The van der Waals surface area contributed by atoms with E-state index in [1.54, 1.807) is 0 Å². The minimum absolute atomic E-state index is 0.0833. The van der Waals surface area contributed by atoms with E-state index >= 15 is 0 Å². The lowest BCUT2D eigenvalue weighted by Crippen LogP contribution is -2.04. The van der Waals surface area contributed by atoms with Crippen LogP contribution in [-0.2, 0) is 0 Å². The summed E-state index contributed by atoms with van der Waals surface area (Å²) in [6.07, 6.45) is 0. The Morgan fingerprint density at radius 2 is 2.00 bits per heavy atom. The number of nitrogens with zero attached hydrogens (tertiary/aromatic N) is 1. The third-order valence-corrected chi connectivity index (χ3v) is 0. The second kappa shape index (κ2) is 0.875. The van der Waals surface area contributed by atoms with Crippen LogP contribution in [0.1, 0.15) is 6.92 Å². The Morgan fingerprint density at radius 3 is 2.00 bits per heavy atom. The molecule has 0 spiro atoms. The van der Waals surface area contributed by atoms with Crippen molar-refractivity contribution in [1.82, 2.24) is 5.41 Å². The van der Waals surface area contributed by atoms with Gasteiger partial charge in [-0.1, -0.05) is 0 Å². The molecule has 0 amide bonds. The average molecular weight is 57.1 g/mol. The molecule has 0 aromatic rings. The van der Waals surface area contributed by atoms with Gasteiger partial charge in [-0.2, -0.15) is 0 Å². The molecule has 0 aromatic heterocycles. The Hall–Kier alpha value is -0.530. The molecular formula is C2H5N2. The fourth-order valence-corrected chi connectivity index (χ4v) is 0. The second-order valence-corrected chi connectivity index (χ2v) is 0.641. The SMILES string of the molecule is CC(=[N])N. The van der Waals surface area contributed by atoms with Crippen molar-refractivity contribution in [3.63, 3.8) is 0 Å². The topological polar surface area (TPSA) is 48.3 Å². The van der Waals surface area contributed by atoms with Crippen LogP contribution in [0.3, 0.4) is 0 Å². The molecule has 0 atom stereocenters. The smallest absolute Gasteiger partial charge is 0.119 e. The number of hydrogen-bond acceptors (Lipinski definition) is 0. The first-order chi connectivity index (χ1) is 1.73. The lowest BCUT2D eigenvalue weighted by Gasteiger charge is -1.63. The molecule has 0 aliphatic heterocycles. The van der Waals surface area contributed by atoms with E-state index in [0.29, 0.717) is 0 Å². The standard InChI is InChI=1S/C2H5N2/c1-2(3)4/h3H2,1H3. The van der Waals surface area contributed by atoms with Crippen molar-refractivity contribution >= 4 is 5.84 Å². The van der Waals surface area contributed by atoms with Crippen molar-refractivity contribution < 1.29 is 0 Å². The van der Waals surface area contributed by atoms with Crippen LogP contribution in [-0.4, -0.2) is 5.84 Å². The van der Waals surface area contributed by atoms with Crippen molar-refractivity contribution in [3.05, 3.63) is 0 Å². The minimum Gasteiger partial charge on any atom is -0.386 e. The molecule has 1 radical (unpaired) electrons. The van der Waals surface area contributed by atoms with Gasteiger partial charge < -0.3 is 5.73 Å². The Morgan fingerprint density at radius 1 is 2.00 bits per heavy atom. The third kappa shape index (κ3) is 1.16. The molecule has 0 saturated carbocycles. The van der Waals surface area contributed by atoms with Gasteiger partial charge in [0, 0.05) is 0 Å². The van der Waals surface area contributed by atoms with Crippen LogP contribution in [0.15, 0.2) is 0 Å². The first kappa shape index (κ1) is 3.47. The number of hydrogen-bond donors (Lipinski definition) is 1. The minimum atomic E-state index is -0.0833. The Labute approximate surface area is 25.1 Å². The molecule has 0 bridgehead atoms. The second-order valence-electron chi connectivity index (χ2n) is 0.641. The highest BCUT2D eigenvalue weighted by Gasteiger charge is 1.56. The summed E-state index contributed by atoms with van der Waals surface area (Å²) in [7, 11) is 0. The van der Waals surface area contributed by atoms with Crippen LogP contribution in [0.2, 0.25) is 0 Å². The van der Waals surface area contributed by atoms with Gasteiger partial charge in [-0.05, 0) is 6.92 Å². The zero-order valence-corrected chi connectivity index (χ0v) is 2.52. The van der Waals surface area contributed by atoms with Gasteiger partial charge in [0.2, 0.25) is 0 Å². The lowest BCUT2D eigenvalue weighted by molar-refractivity contribution is 1.58. The summed E-state index contributed by atoms with van der Waals surface area (Å²) < 4.78 is 0. The molecule has 0 fully saturated rings. The molecule has 23 valence electrons. The van der Waals surface area contributed by atoms with Gasteiger partial charge in [-0.3, -0.25) is 0 Å². The Bertz CT molecular complexity index is 27.0. The number of nitrogens with two attached hydrogens (primary N) is 1. The molecule has 2 N–H and O–H groups in total. The maximum absolute atomic E-state index is 7.75. The quantitative estimate of drug-likeness (QED) is 0.286. The van der Waals surface area contributed by atoms with E-state index in [0.717, 1.165) is 0 Å². The molecule has 0 rings (SSSR count). The molecule has 0 aromatic carbocycles. The molecule has 2 heteroatoms. The predicted octanol–water partition coefficient (Wildman–Crippen LogP) is -0.836. The van der Waals surface area contributed by atoms with Gasteiger partial charge in [0.1, 0.15) is 5.84 Å². The highest BCUT2D eigenvalue weighted by atomic mass is 14.7. The van der Waals surface area contributed by atoms with Crippen molar-refractivity contribution in [2.45, 2.75) is 6.92 Å². The molecule has 0 unspecified atom stereocenters. The van der Waals surface area contributed by atoms with Crippen LogP contribution in [0, 0.1) is 0 Å². The fourth-order valence-electron chi connectivity index (χ4n) is 0. The van der Waals surface area contributed by atoms with E-state index < -0.39 is 0 Å². The first-order valence-electron chi connectivity index (χ1n) is 1.01. The van der Waals surface area contributed by atoms with Crippen LogP contribution < -0.4 is 11.1 Å². The van der Waals surface area contributed by atoms with Gasteiger partial charge in [0.05, 0.1) is 0 Å². The number of amidine groups is 1. The van der Waals surface area contributed by atoms with E-state index in [-0.39, 0.29) is 5.84 Å². The summed E-state index contributed by atoms with van der Waals surface area (Å²) in [6.45, 7) is 1.42. The van der Waals surface area contributed by atoms with Crippen LogP contribution in [0.4, 0.5) is 0 Å². The first-order valence-corrected chi connectivity index (χ1v) is 1.01. The van der Waals surface area contributed by atoms with Gasteiger partial charge in [0.25, 0.3) is 0 Å². The largest absolute Gasteiger partial charge is 0.386 e. The molecule has 0 heterocycles. The van der Waals surface area contributed by atoms with E-state index in [1.165, 1.54) is 6.92 Å². The zero-order chi connectivity index (χ0) is 3.58. The molecular weight excluding hydrogens is 52.0 g/mol. The van der Waals surface area contributed by atoms with Gasteiger partial charge >= 0.3 is 0 Å². The Balaban J connectivity index is 2.80. The maximum atomic E-state index is 7.75. The van der Waals surface area contributed by atoms with Gasteiger partial charge in [-0.15, -0.1) is 5.41 Å². The van der Waals surface area contributed by atoms with E-state index in [9.17, 15) is 0 Å².